The Bertz CT molecular complexity index is 837. The molecule has 2 aromatic rings. The van der Waals surface area contributed by atoms with Crippen molar-refractivity contribution in [2.75, 3.05) is 54.0 Å². The van der Waals surface area contributed by atoms with Gasteiger partial charge >= 0.3 is 0 Å². The molecule has 0 bridgehead atoms. The number of nitrogens with one attached hydrogen (secondary N) is 1. The van der Waals surface area contributed by atoms with Crippen molar-refractivity contribution in [2.45, 2.75) is 26.8 Å². The summed E-state index contributed by atoms with van der Waals surface area (Å²) in [6.45, 7) is 9.37. The molecule has 1 aliphatic rings. The first-order valence-corrected chi connectivity index (χ1v) is 10.4. The highest BCUT2D eigenvalue weighted by atomic mass is 16.5. The molecule has 0 saturated carbocycles. The van der Waals surface area contributed by atoms with Crippen LogP contribution in [0, 0.1) is 13.8 Å². The summed E-state index contributed by atoms with van der Waals surface area (Å²) >= 11 is 0. The van der Waals surface area contributed by atoms with E-state index < -0.39 is 0 Å². The van der Waals surface area contributed by atoms with Crippen LogP contribution in [0.25, 0.3) is 0 Å². The Labute approximate surface area is 178 Å². The Hall–Kier alpha value is -2.74. The second-order valence-electron chi connectivity index (χ2n) is 7.47. The summed E-state index contributed by atoms with van der Waals surface area (Å²) in [5.41, 5.74) is 3.29. The number of rotatable bonds is 7. The van der Waals surface area contributed by atoms with Crippen molar-refractivity contribution in [1.82, 2.24) is 20.3 Å². The fraction of sp³-hybridized carbons (Fsp3) is 0.545. The van der Waals surface area contributed by atoms with Gasteiger partial charge in [-0.1, -0.05) is 5.16 Å². The highest BCUT2D eigenvalue weighted by molar-refractivity contribution is 5.80. The molecule has 164 valence electrons. The summed E-state index contributed by atoms with van der Waals surface area (Å²) in [7, 11) is 5.24. The van der Waals surface area contributed by atoms with Gasteiger partial charge in [0.15, 0.2) is 5.96 Å². The van der Waals surface area contributed by atoms with E-state index in [-0.39, 0.29) is 0 Å². The highest BCUT2D eigenvalue weighted by Crippen LogP contribution is 2.25. The molecule has 1 fully saturated rings. The summed E-state index contributed by atoms with van der Waals surface area (Å²) in [6, 6.07) is 5.95. The zero-order chi connectivity index (χ0) is 21.5. The van der Waals surface area contributed by atoms with Crippen LogP contribution >= 0.6 is 0 Å². The number of hydrogen-bond acceptors (Lipinski definition) is 6. The second-order valence-corrected chi connectivity index (χ2v) is 7.47. The lowest BCUT2D eigenvalue weighted by molar-refractivity contribution is 0.171. The molecule has 0 amide bonds. The van der Waals surface area contributed by atoms with E-state index in [0.717, 1.165) is 80.2 Å². The Balaban J connectivity index is 1.50. The van der Waals surface area contributed by atoms with E-state index in [4.69, 9.17) is 14.0 Å². The third-order valence-electron chi connectivity index (χ3n) is 5.60. The van der Waals surface area contributed by atoms with Gasteiger partial charge in [-0.3, -0.25) is 9.89 Å². The number of hydrogen-bond donors (Lipinski definition) is 1. The van der Waals surface area contributed by atoms with Gasteiger partial charge in [0.05, 0.1) is 19.9 Å². The monoisotopic (exact) mass is 415 g/mol. The van der Waals surface area contributed by atoms with Crippen molar-refractivity contribution < 1.29 is 14.0 Å². The van der Waals surface area contributed by atoms with E-state index in [2.05, 4.69) is 31.3 Å². The lowest BCUT2D eigenvalue weighted by Crippen LogP contribution is -2.52. The molecule has 1 saturated heterocycles. The molecule has 0 unspecified atom stereocenters. The number of benzene rings is 1. The van der Waals surface area contributed by atoms with Crippen LogP contribution in [0.3, 0.4) is 0 Å². The molecule has 1 N–H and O–H groups in total. The number of ether oxygens (including phenoxy) is 2. The number of piperazine rings is 1. The summed E-state index contributed by atoms with van der Waals surface area (Å²) in [6.07, 6.45) is 0.871. The van der Waals surface area contributed by atoms with Crippen molar-refractivity contribution in [1.29, 1.82) is 0 Å². The smallest absolute Gasteiger partial charge is 0.193 e. The van der Waals surface area contributed by atoms with Crippen molar-refractivity contribution in [3.8, 4) is 11.5 Å². The second kappa shape index (κ2) is 10.3. The molecule has 2 heterocycles. The lowest BCUT2D eigenvalue weighted by atomic mass is 10.1. The molecule has 1 aliphatic heterocycles. The van der Waals surface area contributed by atoms with Crippen LogP contribution in [0.4, 0.5) is 0 Å². The molecule has 0 spiro atoms. The molecule has 1 aromatic carbocycles. The van der Waals surface area contributed by atoms with Crippen molar-refractivity contribution in [3.05, 3.63) is 40.8 Å². The Morgan fingerprint density at radius 3 is 2.53 bits per heavy atom. The fourth-order valence-electron chi connectivity index (χ4n) is 3.85. The number of aryl methyl sites for hydroxylation is 2. The molecule has 3 rings (SSSR count). The van der Waals surface area contributed by atoms with Gasteiger partial charge in [-0.2, -0.15) is 0 Å². The van der Waals surface area contributed by atoms with Gasteiger partial charge in [0, 0.05) is 57.4 Å². The van der Waals surface area contributed by atoms with Crippen molar-refractivity contribution in [3.63, 3.8) is 0 Å². The van der Waals surface area contributed by atoms with Gasteiger partial charge in [-0.15, -0.1) is 0 Å². The third kappa shape index (κ3) is 5.24. The SMILES string of the molecule is CN=C(NCCc1c(C)noc1C)N1CCN(Cc2cc(OC)ccc2OC)CC1. The number of nitrogens with zero attached hydrogens (tertiary/aromatic N) is 4. The molecule has 30 heavy (non-hydrogen) atoms. The van der Waals surface area contributed by atoms with Gasteiger partial charge in [-0.05, 0) is 38.5 Å². The number of aliphatic imine (C=N–C) groups is 1. The van der Waals surface area contributed by atoms with Gasteiger partial charge in [0.25, 0.3) is 0 Å². The van der Waals surface area contributed by atoms with Crippen LogP contribution in [0.2, 0.25) is 0 Å². The first-order chi connectivity index (χ1) is 14.5. The molecule has 0 radical (unpaired) electrons. The number of aromatic nitrogens is 1. The fourth-order valence-corrected chi connectivity index (χ4v) is 3.85. The van der Waals surface area contributed by atoms with E-state index in [1.165, 1.54) is 5.56 Å². The first-order valence-electron chi connectivity index (χ1n) is 10.4. The maximum atomic E-state index is 5.52. The molecule has 8 heteroatoms. The number of methoxy groups -OCH3 is 2. The van der Waals surface area contributed by atoms with E-state index in [9.17, 15) is 0 Å². The Morgan fingerprint density at radius 1 is 1.17 bits per heavy atom. The third-order valence-corrected chi connectivity index (χ3v) is 5.60. The van der Waals surface area contributed by atoms with Gasteiger partial charge in [0.1, 0.15) is 17.3 Å². The molecule has 0 aliphatic carbocycles. The molecular formula is C22H33N5O3. The standard InChI is InChI=1S/C22H33N5O3/c1-16-20(17(2)30-25-16)8-9-24-22(23-3)27-12-10-26(11-13-27)15-18-14-19(28-4)6-7-21(18)29-5/h6-7,14H,8-13,15H2,1-5H3,(H,23,24). The van der Waals surface area contributed by atoms with E-state index in [1.54, 1.807) is 14.2 Å². The Kier molecular flexibility index (Phi) is 7.57. The highest BCUT2D eigenvalue weighted by Gasteiger charge is 2.21. The minimum atomic E-state index is 0.802. The Morgan fingerprint density at radius 2 is 1.93 bits per heavy atom. The van der Waals surface area contributed by atoms with Crippen LogP contribution in [0.15, 0.2) is 27.7 Å². The largest absolute Gasteiger partial charge is 0.497 e. The van der Waals surface area contributed by atoms with E-state index in [1.807, 2.05) is 33.0 Å². The van der Waals surface area contributed by atoms with Crippen LogP contribution in [-0.2, 0) is 13.0 Å². The normalized spacial score (nSPS) is 15.4. The van der Waals surface area contributed by atoms with Gasteiger partial charge in [-0.25, -0.2) is 0 Å². The lowest BCUT2D eigenvalue weighted by Gasteiger charge is -2.36. The number of guanidine groups is 1. The summed E-state index contributed by atoms with van der Waals surface area (Å²) < 4.78 is 16.1. The zero-order valence-electron chi connectivity index (χ0n) is 18.7. The maximum Gasteiger partial charge on any atom is 0.193 e. The van der Waals surface area contributed by atoms with E-state index >= 15 is 0 Å². The topological polar surface area (TPSA) is 75.4 Å². The van der Waals surface area contributed by atoms with E-state index in [0.29, 0.717) is 0 Å². The summed E-state index contributed by atoms with van der Waals surface area (Å²) in [5, 5.41) is 7.51. The summed E-state index contributed by atoms with van der Waals surface area (Å²) in [5.74, 6) is 3.59. The first kappa shape index (κ1) is 22.0. The predicted molar refractivity (Wildman–Crippen MR) is 117 cm³/mol. The molecule has 1 aromatic heterocycles. The zero-order valence-corrected chi connectivity index (χ0v) is 18.7. The summed E-state index contributed by atoms with van der Waals surface area (Å²) in [4.78, 5) is 9.22. The molecule has 0 atom stereocenters. The minimum Gasteiger partial charge on any atom is -0.497 e. The average molecular weight is 416 g/mol. The minimum absolute atomic E-state index is 0.802. The van der Waals surface area contributed by atoms with Gasteiger partial charge < -0.3 is 24.2 Å². The van der Waals surface area contributed by atoms with Crippen LogP contribution in [0.1, 0.15) is 22.6 Å². The average Bonchev–Trinajstić information content (AvgIpc) is 3.09. The quantitative estimate of drug-likeness (QED) is 0.549. The van der Waals surface area contributed by atoms with Crippen molar-refractivity contribution >= 4 is 5.96 Å². The van der Waals surface area contributed by atoms with Crippen molar-refractivity contribution in [2.24, 2.45) is 4.99 Å². The predicted octanol–water partition coefficient (Wildman–Crippen LogP) is 2.24. The van der Waals surface area contributed by atoms with Crippen LogP contribution in [0.5, 0.6) is 11.5 Å². The van der Waals surface area contributed by atoms with Gasteiger partial charge in [0.2, 0.25) is 0 Å². The van der Waals surface area contributed by atoms with Crippen LogP contribution < -0.4 is 14.8 Å². The molecule has 8 nitrogen and oxygen atoms in total. The molecular weight excluding hydrogens is 382 g/mol. The maximum absolute atomic E-state index is 5.52. The van der Waals surface area contributed by atoms with Crippen LogP contribution in [-0.4, -0.2) is 74.9 Å².